The quantitative estimate of drug-likeness (QED) is 0.888. The number of amides is 1. The molecule has 2 aromatic carbocycles. The van der Waals surface area contributed by atoms with Gasteiger partial charge in [0.2, 0.25) is 0 Å². The Morgan fingerprint density at radius 2 is 1.92 bits per heavy atom. The van der Waals surface area contributed by atoms with Crippen molar-refractivity contribution in [3.05, 3.63) is 65.7 Å². The maximum atomic E-state index is 12.4. The second kappa shape index (κ2) is 7.97. The average molecular weight is 324 g/mol. The number of hydrogen-bond donors (Lipinski definition) is 1. The highest BCUT2D eigenvalue weighted by Gasteiger charge is 2.24. The lowest BCUT2D eigenvalue weighted by Gasteiger charge is -2.17. The highest BCUT2D eigenvalue weighted by molar-refractivity contribution is 5.94. The van der Waals surface area contributed by atoms with E-state index >= 15 is 0 Å². The second-order valence-corrected chi connectivity index (χ2v) is 6.14. The fourth-order valence-electron chi connectivity index (χ4n) is 3.07. The number of hydrogen-bond acceptors (Lipinski definition) is 3. The van der Waals surface area contributed by atoms with E-state index in [1.54, 1.807) is 0 Å². The topological polar surface area (TPSA) is 41.6 Å². The van der Waals surface area contributed by atoms with Crippen molar-refractivity contribution in [2.75, 3.05) is 19.7 Å². The van der Waals surface area contributed by atoms with Gasteiger partial charge in [0.1, 0.15) is 5.75 Å². The van der Waals surface area contributed by atoms with Crippen molar-refractivity contribution in [2.45, 2.75) is 25.9 Å². The van der Waals surface area contributed by atoms with E-state index in [0.29, 0.717) is 12.2 Å². The first-order valence-electron chi connectivity index (χ1n) is 8.54. The van der Waals surface area contributed by atoms with Crippen molar-refractivity contribution in [3.63, 3.8) is 0 Å². The molecule has 4 nitrogen and oxygen atoms in total. The number of nitrogens with one attached hydrogen (secondary N) is 1. The van der Waals surface area contributed by atoms with Gasteiger partial charge in [-0.2, -0.15) is 0 Å². The average Bonchev–Trinajstić information content (AvgIpc) is 3.03. The molecule has 1 aliphatic rings. The number of nitrogens with zero attached hydrogens (tertiary/aromatic N) is 1. The number of carbonyl (C=O) groups is 1. The summed E-state index contributed by atoms with van der Waals surface area (Å²) in [4.78, 5) is 14.8. The normalized spacial score (nSPS) is 17.6. The molecule has 0 bridgehead atoms. The van der Waals surface area contributed by atoms with Gasteiger partial charge < -0.3 is 10.1 Å². The van der Waals surface area contributed by atoms with Crippen LogP contribution in [0.4, 0.5) is 0 Å². The first-order chi connectivity index (χ1) is 11.7. The molecule has 3 rings (SSSR count). The van der Waals surface area contributed by atoms with Gasteiger partial charge in [0.25, 0.3) is 5.91 Å². The molecular formula is C20H24N2O2. The fraction of sp³-hybridized carbons (Fsp3) is 0.350. The van der Waals surface area contributed by atoms with Gasteiger partial charge in [0.15, 0.2) is 0 Å². The van der Waals surface area contributed by atoms with Gasteiger partial charge in [-0.15, -0.1) is 0 Å². The van der Waals surface area contributed by atoms with Gasteiger partial charge in [-0.05, 0) is 43.2 Å². The van der Waals surface area contributed by atoms with Crippen molar-refractivity contribution in [3.8, 4) is 5.75 Å². The van der Waals surface area contributed by atoms with Crippen LogP contribution in [0.15, 0.2) is 54.6 Å². The van der Waals surface area contributed by atoms with Crippen LogP contribution in [0.25, 0.3) is 0 Å². The van der Waals surface area contributed by atoms with Gasteiger partial charge >= 0.3 is 0 Å². The monoisotopic (exact) mass is 324 g/mol. The third kappa shape index (κ3) is 4.36. The molecule has 1 unspecified atom stereocenters. The summed E-state index contributed by atoms with van der Waals surface area (Å²) in [5.74, 6) is 0.786. The second-order valence-electron chi connectivity index (χ2n) is 6.14. The lowest BCUT2D eigenvalue weighted by molar-refractivity contribution is 0.0937. The zero-order valence-electron chi connectivity index (χ0n) is 14.1. The van der Waals surface area contributed by atoms with Crippen molar-refractivity contribution in [1.82, 2.24) is 10.2 Å². The molecule has 1 amide bonds. The summed E-state index contributed by atoms with van der Waals surface area (Å²) >= 11 is 0. The summed E-state index contributed by atoms with van der Waals surface area (Å²) in [5, 5.41) is 3.14. The minimum absolute atomic E-state index is 0.00962. The minimum atomic E-state index is -0.00962. The van der Waals surface area contributed by atoms with Crippen LogP contribution in [0.2, 0.25) is 0 Å². The first-order valence-corrected chi connectivity index (χ1v) is 8.54. The smallest absolute Gasteiger partial charge is 0.251 e. The van der Waals surface area contributed by atoms with Gasteiger partial charge in [-0.3, -0.25) is 9.69 Å². The molecule has 0 aromatic heterocycles. The number of rotatable bonds is 6. The predicted octanol–water partition coefficient (Wildman–Crippen LogP) is 3.09. The molecule has 0 spiro atoms. The maximum Gasteiger partial charge on any atom is 0.251 e. The molecule has 1 heterocycles. The molecule has 2 aromatic rings. The SMILES string of the molecule is CCOc1ccc(C(=O)NC2CCN(Cc3ccccc3)C2)cc1. The van der Waals surface area contributed by atoms with Crippen LogP contribution in [0.1, 0.15) is 29.3 Å². The zero-order valence-corrected chi connectivity index (χ0v) is 14.1. The number of ether oxygens (including phenoxy) is 1. The number of carbonyl (C=O) groups excluding carboxylic acids is 1. The first kappa shape index (κ1) is 16.5. The van der Waals surface area contributed by atoms with Crippen LogP contribution >= 0.6 is 0 Å². The summed E-state index contributed by atoms with van der Waals surface area (Å²) in [6.07, 6.45) is 0.996. The van der Waals surface area contributed by atoms with Crippen LogP contribution in [0, 0.1) is 0 Å². The summed E-state index contributed by atoms with van der Waals surface area (Å²) in [7, 11) is 0. The van der Waals surface area contributed by atoms with Crippen molar-refractivity contribution >= 4 is 5.91 Å². The Morgan fingerprint density at radius 3 is 2.62 bits per heavy atom. The van der Waals surface area contributed by atoms with Crippen LogP contribution in [0.3, 0.4) is 0 Å². The molecule has 1 atom stereocenters. The van der Waals surface area contributed by atoms with E-state index in [0.717, 1.165) is 31.8 Å². The van der Waals surface area contributed by atoms with Crippen LogP contribution in [0.5, 0.6) is 5.75 Å². The molecule has 1 saturated heterocycles. The van der Waals surface area contributed by atoms with Crippen LogP contribution in [-0.4, -0.2) is 36.5 Å². The van der Waals surface area contributed by atoms with E-state index in [2.05, 4.69) is 34.5 Å². The predicted molar refractivity (Wildman–Crippen MR) is 95.2 cm³/mol. The lowest BCUT2D eigenvalue weighted by atomic mass is 10.2. The number of benzene rings is 2. The molecule has 126 valence electrons. The highest BCUT2D eigenvalue weighted by atomic mass is 16.5. The van der Waals surface area contributed by atoms with E-state index in [9.17, 15) is 4.79 Å². The minimum Gasteiger partial charge on any atom is -0.494 e. The molecule has 0 radical (unpaired) electrons. The Kier molecular flexibility index (Phi) is 5.49. The molecule has 1 N–H and O–H groups in total. The summed E-state index contributed by atoms with van der Waals surface area (Å²) in [5.41, 5.74) is 2.00. The highest BCUT2D eigenvalue weighted by Crippen LogP contribution is 2.15. The maximum absolute atomic E-state index is 12.4. The molecule has 1 aliphatic heterocycles. The molecule has 0 saturated carbocycles. The Labute approximate surface area is 143 Å². The Balaban J connectivity index is 1.50. The van der Waals surface area contributed by atoms with Crippen molar-refractivity contribution in [1.29, 1.82) is 0 Å². The molecular weight excluding hydrogens is 300 g/mol. The van der Waals surface area contributed by atoms with Crippen molar-refractivity contribution < 1.29 is 9.53 Å². The fourth-order valence-corrected chi connectivity index (χ4v) is 3.07. The third-order valence-electron chi connectivity index (χ3n) is 4.28. The summed E-state index contributed by atoms with van der Waals surface area (Å²) in [6.45, 7) is 5.43. The van der Waals surface area contributed by atoms with E-state index in [1.807, 2.05) is 37.3 Å². The molecule has 4 heteroatoms. The standard InChI is InChI=1S/C20H24N2O2/c1-2-24-19-10-8-17(9-11-19)20(23)21-18-12-13-22(15-18)14-16-6-4-3-5-7-16/h3-11,18H,2,12-15H2,1H3,(H,21,23). The Bertz CT molecular complexity index is 655. The zero-order chi connectivity index (χ0) is 16.8. The van der Waals surface area contributed by atoms with Crippen molar-refractivity contribution in [2.24, 2.45) is 0 Å². The summed E-state index contributed by atoms with van der Waals surface area (Å²) < 4.78 is 5.41. The van der Waals surface area contributed by atoms with Gasteiger partial charge in [0.05, 0.1) is 6.61 Å². The molecule has 24 heavy (non-hydrogen) atoms. The van der Waals surface area contributed by atoms with E-state index in [-0.39, 0.29) is 11.9 Å². The Hall–Kier alpha value is -2.33. The van der Waals surface area contributed by atoms with Crippen LogP contribution < -0.4 is 10.1 Å². The van der Waals surface area contributed by atoms with E-state index in [4.69, 9.17) is 4.74 Å². The third-order valence-corrected chi connectivity index (χ3v) is 4.28. The number of likely N-dealkylation sites (tertiary alicyclic amines) is 1. The largest absolute Gasteiger partial charge is 0.494 e. The lowest BCUT2D eigenvalue weighted by Crippen LogP contribution is -2.36. The molecule has 0 aliphatic carbocycles. The summed E-state index contributed by atoms with van der Waals surface area (Å²) in [6, 6.07) is 18.0. The van der Waals surface area contributed by atoms with E-state index in [1.165, 1.54) is 5.56 Å². The molecule has 1 fully saturated rings. The van der Waals surface area contributed by atoms with Gasteiger partial charge in [-0.25, -0.2) is 0 Å². The van der Waals surface area contributed by atoms with Crippen LogP contribution in [-0.2, 0) is 6.54 Å². The Morgan fingerprint density at radius 1 is 1.17 bits per heavy atom. The van der Waals surface area contributed by atoms with Gasteiger partial charge in [0, 0.05) is 31.2 Å². The van der Waals surface area contributed by atoms with E-state index < -0.39 is 0 Å². The van der Waals surface area contributed by atoms with Gasteiger partial charge in [-0.1, -0.05) is 30.3 Å².